The van der Waals surface area contributed by atoms with Crippen LogP contribution in [0.3, 0.4) is 0 Å². The van der Waals surface area contributed by atoms with Gasteiger partial charge in [0.2, 0.25) is 5.91 Å². The van der Waals surface area contributed by atoms with Crippen LogP contribution in [0.1, 0.15) is 36.8 Å². The molecule has 96 valence electrons. The van der Waals surface area contributed by atoms with Gasteiger partial charge in [-0.3, -0.25) is 4.79 Å². The van der Waals surface area contributed by atoms with Crippen LogP contribution in [0, 0.1) is 0 Å². The fourth-order valence-electron chi connectivity index (χ4n) is 2.95. The maximum atomic E-state index is 11.3. The second kappa shape index (κ2) is 5.11. The Morgan fingerprint density at radius 2 is 2.22 bits per heavy atom. The zero-order valence-corrected chi connectivity index (χ0v) is 10.7. The summed E-state index contributed by atoms with van der Waals surface area (Å²) < 4.78 is 0. The van der Waals surface area contributed by atoms with E-state index >= 15 is 0 Å². The third-order valence-corrected chi connectivity index (χ3v) is 3.99. The molecule has 3 rings (SSSR count). The number of carbonyl (C=O) groups is 1. The van der Waals surface area contributed by atoms with Gasteiger partial charge in [0.1, 0.15) is 0 Å². The van der Waals surface area contributed by atoms with Gasteiger partial charge < -0.3 is 10.6 Å². The number of benzene rings is 1. The molecule has 2 heterocycles. The van der Waals surface area contributed by atoms with E-state index in [1.54, 1.807) is 0 Å². The lowest BCUT2D eigenvalue weighted by Crippen LogP contribution is -2.34. The fraction of sp³-hybridized carbons (Fsp3) is 0.533. The summed E-state index contributed by atoms with van der Waals surface area (Å²) in [5.41, 5.74) is 3.52. The van der Waals surface area contributed by atoms with Crippen LogP contribution >= 0.6 is 0 Å². The van der Waals surface area contributed by atoms with Crippen LogP contribution < -0.4 is 10.6 Å². The first-order valence-electron chi connectivity index (χ1n) is 6.96. The molecule has 1 saturated heterocycles. The zero-order valence-electron chi connectivity index (χ0n) is 10.7. The summed E-state index contributed by atoms with van der Waals surface area (Å²) in [6, 6.07) is 7.07. The molecule has 1 amide bonds. The monoisotopic (exact) mass is 244 g/mol. The Bertz CT molecular complexity index is 450. The number of anilines is 1. The summed E-state index contributed by atoms with van der Waals surface area (Å²) in [6.07, 6.45) is 6.86. The molecule has 0 aromatic heterocycles. The van der Waals surface area contributed by atoms with Crippen molar-refractivity contribution in [3.63, 3.8) is 0 Å². The van der Waals surface area contributed by atoms with Crippen LogP contribution in [0.15, 0.2) is 18.2 Å². The van der Waals surface area contributed by atoms with Crippen LogP contribution in [0.2, 0.25) is 0 Å². The lowest BCUT2D eigenvalue weighted by Gasteiger charge is -2.23. The number of piperidine rings is 1. The summed E-state index contributed by atoms with van der Waals surface area (Å²) in [7, 11) is 0. The van der Waals surface area contributed by atoms with E-state index in [1.807, 2.05) is 6.07 Å². The Hall–Kier alpha value is -1.35. The number of aryl methyl sites for hydroxylation is 1. The summed E-state index contributed by atoms with van der Waals surface area (Å²) in [5, 5.41) is 6.46. The first-order chi connectivity index (χ1) is 8.81. The van der Waals surface area contributed by atoms with E-state index in [4.69, 9.17) is 0 Å². The fourth-order valence-corrected chi connectivity index (χ4v) is 2.95. The quantitative estimate of drug-likeness (QED) is 0.856. The predicted octanol–water partition coefficient (Wildman–Crippen LogP) is 2.26. The van der Waals surface area contributed by atoms with Crippen LogP contribution in [-0.2, 0) is 17.6 Å². The van der Waals surface area contributed by atoms with Gasteiger partial charge in [0.05, 0.1) is 6.42 Å². The Morgan fingerprint density at radius 1 is 1.28 bits per heavy atom. The highest BCUT2D eigenvalue weighted by atomic mass is 16.1. The zero-order chi connectivity index (χ0) is 12.4. The lowest BCUT2D eigenvalue weighted by atomic mass is 9.97. The van der Waals surface area contributed by atoms with E-state index in [-0.39, 0.29) is 5.91 Å². The minimum absolute atomic E-state index is 0.121. The van der Waals surface area contributed by atoms with Crippen LogP contribution in [0.25, 0.3) is 0 Å². The normalized spacial score (nSPS) is 22.7. The summed E-state index contributed by atoms with van der Waals surface area (Å²) in [4.78, 5) is 11.3. The van der Waals surface area contributed by atoms with E-state index in [9.17, 15) is 4.79 Å². The van der Waals surface area contributed by atoms with Crippen molar-refractivity contribution in [2.24, 2.45) is 0 Å². The van der Waals surface area contributed by atoms with E-state index in [0.29, 0.717) is 12.5 Å². The highest BCUT2D eigenvalue weighted by Gasteiger charge is 2.18. The van der Waals surface area contributed by atoms with E-state index in [1.165, 1.54) is 37.8 Å². The third-order valence-electron chi connectivity index (χ3n) is 3.99. The summed E-state index contributed by atoms with van der Waals surface area (Å²) in [5.74, 6) is 0.121. The molecule has 1 aromatic rings. The van der Waals surface area contributed by atoms with Crippen molar-refractivity contribution in [3.05, 3.63) is 29.3 Å². The molecule has 1 unspecified atom stereocenters. The van der Waals surface area contributed by atoms with Gasteiger partial charge in [-0.2, -0.15) is 0 Å². The molecule has 0 saturated carbocycles. The largest absolute Gasteiger partial charge is 0.326 e. The number of fused-ring (bicyclic) bond motifs is 1. The number of amides is 1. The van der Waals surface area contributed by atoms with Crippen molar-refractivity contribution in [3.8, 4) is 0 Å². The Morgan fingerprint density at radius 3 is 3.06 bits per heavy atom. The van der Waals surface area contributed by atoms with Crippen LogP contribution in [0.5, 0.6) is 0 Å². The average Bonchev–Trinajstić information content (AvgIpc) is 2.77. The molecule has 2 N–H and O–H groups in total. The van der Waals surface area contributed by atoms with Gasteiger partial charge in [0.15, 0.2) is 0 Å². The highest BCUT2D eigenvalue weighted by Crippen LogP contribution is 2.24. The predicted molar refractivity (Wildman–Crippen MR) is 72.7 cm³/mol. The average molecular weight is 244 g/mol. The molecule has 1 atom stereocenters. The van der Waals surface area contributed by atoms with Crippen molar-refractivity contribution in [2.75, 3.05) is 11.9 Å². The number of hydrogen-bond donors (Lipinski definition) is 2. The van der Waals surface area contributed by atoms with Gasteiger partial charge in [0, 0.05) is 11.7 Å². The highest BCUT2D eigenvalue weighted by molar-refractivity contribution is 5.99. The van der Waals surface area contributed by atoms with E-state index in [0.717, 1.165) is 17.7 Å². The van der Waals surface area contributed by atoms with E-state index in [2.05, 4.69) is 22.8 Å². The molecule has 0 radical (unpaired) electrons. The van der Waals surface area contributed by atoms with Gasteiger partial charge >= 0.3 is 0 Å². The van der Waals surface area contributed by atoms with Gasteiger partial charge in [0.25, 0.3) is 0 Å². The van der Waals surface area contributed by atoms with Gasteiger partial charge in [-0.05, 0) is 49.4 Å². The second-order valence-corrected chi connectivity index (χ2v) is 5.40. The molecular weight excluding hydrogens is 224 g/mol. The first-order valence-corrected chi connectivity index (χ1v) is 6.96. The Kier molecular flexibility index (Phi) is 3.33. The van der Waals surface area contributed by atoms with Crippen LogP contribution in [0.4, 0.5) is 5.69 Å². The molecule has 0 spiro atoms. The molecule has 0 aliphatic carbocycles. The smallest absolute Gasteiger partial charge is 0.228 e. The first kappa shape index (κ1) is 11.7. The minimum atomic E-state index is 0.121. The molecule has 18 heavy (non-hydrogen) atoms. The molecule has 1 fully saturated rings. The molecule has 2 aliphatic rings. The SMILES string of the molecule is O=C1Cc2cc(CCC3CCCCN3)ccc2N1. The van der Waals surface area contributed by atoms with Crippen molar-refractivity contribution in [2.45, 2.75) is 44.6 Å². The van der Waals surface area contributed by atoms with Gasteiger partial charge in [-0.25, -0.2) is 0 Å². The third kappa shape index (κ3) is 2.56. The van der Waals surface area contributed by atoms with Crippen molar-refractivity contribution in [1.82, 2.24) is 5.32 Å². The summed E-state index contributed by atoms with van der Waals surface area (Å²) >= 11 is 0. The maximum absolute atomic E-state index is 11.3. The Balaban J connectivity index is 1.60. The minimum Gasteiger partial charge on any atom is -0.326 e. The second-order valence-electron chi connectivity index (χ2n) is 5.40. The Labute approximate surface area is 108 Å². The number of hydrogen-bond acceptors (Lipinski definition) is 2. The van der Waals surface area contributed by atoms with E-state index < -0.39 is 0 Å². The van der Waals surface area contributed by atoms with Gasteiger partial charge in [-0.1, -0.05) is 18.6 Å². The lowest BCUT2D eigenvalue weighted by molar-refractivity contribution is -0.115. The molecule has 2 aliphatic heterocycles. The summed E-state index contributed by atoms with van der Waals surface area (Å²) in [6.45, 7) is 1.17. The molecular formula is C15H20N2O. The van der Waals surface area contributed by atoms with Crippen molar-refractivity contribution in [1.29, 1.82) is 0 Å². The number of rotatable bonds is 3. The molecule has 1 aromatic carbocycles. The maximum Gasteiger partial charge on any atom is 0.228 e. The number of carbonyl (C=O) groups excluding carboxylic acids is 1. The van der Waals surface area contributed by atoms with Gasteiger partial charge in [-0.15, -0.1) is 0 Å². The molecule has 3 heteroatoms. The molecule has 3 nitrogen and oxygen atoms in total. The molecule has 0 bridgehead atoms. The van der Waals surface area contributed by atoms with Crippen LogP contribution in [-0.4, -0.2) is 18.5 Å². The van der Waals surface area contributed by atoms with Crippen molar-refractivity contribution >= 4 is 11.6 Å². The topological polar surface area (TPSA) is 41.1 Å². The standard InChI is InChI=1S/C15H20N2O/c18-15-10-12-9-11(5-7-14(12)17-15)4-6-13-3-1-2-8-16-13/h5,7,9,13,16H,1-4,6,8,10H2,(H,17,18). The van der Waals surface area contributed by atoms with Crippen molar-refractivity contribution < 1.29 is 4.79 Å². The number of nitrogens with one attached hydrogen (secondary N) is 2.